The summed E-state index contributed by atoms with van der Waals surface area (Å²) in [6.45, 7) is -0.393. The maximum absolute atomic E-state index is 12.9. The second-order valence-corrected chi connectivity index (χ2v) is 9.13. The Kier molecular flexibility index (Phi) is 7.46. The molecule has 0 unspecified atom stereocenters. The summed E-state index contributed by atoms with van der Waals surface area (Å²) in [6, 6.07) is 37.9. The van der Waals surface area contributed by atoms with E-state index >= 15 is 0 Å². The van der Waals surface area contributed by atoms with Crippen LogP contribution >= 0.6 is 0 Å². The first-order chi connectivity index (χ1) is 18.6. The van der Waals surface area contributed by atoms with Crippen molar-refractivity contribution < 1.29 is 14.6 Å². The molecular formula is C33H27NO4. The molecule has 38 heavy (non-hydrogen) atoms. The van der Waals surface area contributed by atoms with E-state index in [0.717, 1.165) is 33.4 Å². The molecule has 0 amide bonds. The Hall–Kier alpha value is -4.90. The van der Waals surface area contributed by atoms with Crippen molar-refractivity contribution in [3.05, 3.63) is 160 Å². The van der Waals surface area contributed by atoms with Crippen molar-refractivity contribution in [3.63, 3.8) is 0 Å². The highest BCUT2D eigenvalue weighted by molar-refractivity contribution is 5.69. The number of aliphatic carboxylic acids is 1. The van der Waals surface area contributed by atoms with Gasteiger partial charge in [0.05, 0.1) is 0 Å². The maximum Gasteiger partial charge on any atom is 0.341 e. The first kappa shape index (κ1) is 24.8. The summed E-state index contributed by atoms with van der Waals surface area (Å²) in [5, 5.41) is 8.89. The van der Waals surface area contributed by atoms with E-state index < -0.39 is 12.6 Å². The van der Waals surface area contributed by atoms with Gasteiger partial charge in [0.2, 0.25) is 0 Å². The number of pyridine rings is 1. The lowest BCUT2D eigenvalue weighted by Gasteiger charge is -2.19. The highest BCUT2D eigenvalue weighted by atomic mass is 16.5. The van der Waals surface area contributed by atoms with Crippen LogP contribution in [0.5, 0.6) is 5.75 Å². The van der Waals surface area contributed by atoms with Gasteiger partial charge in [-0.3, -0.25) is 4.79 Å². The van der Waals surface area contributed by atoms with Gasteiger partial charge in [-0.2, -0.15) is 0 Å². The average Bonchev–Trinajstić information content (AvgIpc) is 2.95. The number of aromatic nitrogens is 1. The summed E-state index contributed by atoms with van der Waals surface area (Å²) < 4.78 is 5.33. The Balaban J connectivity index is 1.45. The third-order valence-electron chi connectivity index (χ3n) is 6.45. The number of benzene rings is 4. The van der Waals surface area contributed by atoms with Crippen LogP contribution in [0.3, 0.4) is 0 Å². The van der Waals surface area contributed by atoms with Crippen LogP contribution in [0.15, 0.2) is 126 Å². The number of hydrogen-bond donors (Lipinski definition) is 2. The van der Waals surface area contributed by atoms with Crippen molar-refractivity contribution >= 4 is 5.97 Å². The van der Waals surface area contributed by atoms with Crippen molar-refractivity contribution in [1.29, 1.82) is 0 Å². The van der Waals surface area contributed by atoms with Gasteiger partial charge in [0.25, 0.3) is 5.56 Å². The lowest BCUT2D eigenvalue weighted by molar-refractivity contribution is -0.139. The van der Waals surface area contributed by atoms with Gasteiger partial charge in [-0.1, -0.05) is 97.1 Å². The molecule has 0 saturated heterocycles. The first-order valence-electron chi connectivity index (χ1n) is 12.4. The van der Waals surface area contributed by atoms with Gasteiger partial charge >= 0.3 is 5.97 Å². The van der Waals surface area contributed by atoms with Crippen LogP contribution < -0.4 is 10.3 Å². The largest absolute Gasteiger partial charge is 0.482 e. The SMILES string of the molecule is O=C(O)COc1cccc(-c2cccc(Cc3cc(C(c4ccccc4)c4ccccc4)c[nH]c3=O)c2)c1. The third kappa shape index (κ3) is 5.90. The number of aromatic amines is 1. The van der Waals surface area contributed by atoms with Crippen LogP contribution in [0.1, 0.15) is 33.7 Å². The lowest BCUT2D eigenvalue weighted by Crippen LogP contribution is -2.15. The zero-order valence-corrected chi connectivity index (χ0v) is 20.7. The summed E-state index contributed by atoms with van der Waals surface area (Å²) >= 11 is 0. The average molecular weight is 502 g/mol. The highest BCUT2D eigenvalue weighted by Gasteiger charge is 2.18. The standard InChI is InChI=1S/C33H27NO4/c35-31(36)22-38-30-16-8-15-27(20-30)26-14-7-9-23(17-26)18-28-19-29(21-34-33(28)37)32(24-10-3-1-4-11-24)25-12-5-2-6-13-25/h1-17,19-21,32H,18,22H2,(H,34,37)(H,35,36). The number of hydrogen-bond acceptors (Lipinski definition) is 3. The molecule has 0 aliphatic rings. The molecule has 0 spiro atoms. The number of carboxylic acids is 1. The number of ether oxygens (including phenoxy) is 1. The van der Waals surface area contributed by atoms with E-state index in [4.69, 9.17) is 9.84 Å². The van der Waals surface area contributed by atoms with Crippen molar-refractivity contribution in [1.82, 2.24) is 4.98 Å². The lowest BCUT2D eigenvalue weighted by atomic mass is 9.85. The molecule has 0 radical (unpaired) electrons. The summed E-state index contributed by atoms with van der Waals surface area (Å²) in [5.41, 5.74) is 6.79. The monoisotopic (exact) mass is 501 g/mol. The molecule has 0 saturated carbocycles. The van der Waals surface area contributed by atoms with Gasteiger partial charge in [-0.25, -0.2) is 4.79 Å². The minimum absolute atomic E-state index is 0.00660. The van der Waals surface area contributed by atoms with Crippen LogP contribution in [-0.2, 0) is 11.2 Å². The molecular weight excluding hydrogens is 474 g/mol. The van der Waals surface area contributed by atoms with Crippen molar-refractivity contribution in [2.24, 2.45) is 0 Å². The van der Waals surface area contributed by atoms with Gasteiger partial charge in [-0.15, -0.1) is 0 Å². The molecule has 5 aromatic rings. The van der Waals surface area contributed by atoms with E-state index in [1.54, 1.807) is 6.07 Å². The van der Waals surface area contributed by atoms with Gasteiger partial charge in [-0.05, 0) is 51.6 Å². The number of carboxylic acid groups (broad SMARTS) is 1. The zero-order chi connectivity index (χ0) is 26.3. The summed E-state index contributed by atoms with van der Waals surface area (Å²) in [7, 11) is 0. The van der Waals surface area contributed by atoms with Gasteiger partial charge in [0, 0.05) is 24.1 Å². The van der Waals surface area contributed by atoms with Crippen LogP contribution in [-0.4, -0.2) is 22.7 Å². The second kappa shape index (κ2) is 11.4. The molecule has 1 heterocycles. The fourth-order valence-corrected chi connectivity index (χ4v) is 4.71. The molecule has 5 rings (SSSR count). The van der Waals surface area contributed by atoms with Crippen LogP contribution in [0.2, 0.25) is 0 Å². The molecule has 2 N–H and O–H groups in total. The Morgan fingerprint density at radius 2 is 1.37 bits per heavy atom. The molecule has 0 atom stereocenters. The van der Waals surface area contributed by atoms with Crippen molar-refractivity contribution in [2.75, 3.05) is 6.61 Å². The number of rotatable bonds is 9. The number of H-pyrrole nitrogens is 1. The molecule has 4 aromatic carbocycles. The van der Waals surface area contributed by atoms with E-state index in [2.05, 4.69) is 29.2 Å². The van der Waals surface area contributed by atoms with Crippen LogP contribution in [0.4, 0.5) is 0 Å². The molecule has 1 aromatic heterocycles. The zero-order valence-electron chi connectivity index (χ0n) is 20.7. The molecule has 188 valence electrons. The number of carbonyl (C=O) groups is 1. The Morgan fingerprint density at radius 1 is 0.737 bits per heavy atom. The Morgan fingerprint density at radius 3 is 2.03 bits per heavy atom. The van der Waals surface area contributed by atoms with Crippen LogP contribution in [0.25, 0.3) is 11.1 Å². The van der Waals surface area contributed by atoms with Crippen LogP contribution in [0, 0.1) is 0 Å². The van der Waals surface area contributed by atoms with Crippen molar-refractivity contribution in [2.45, 2.75) is 12.3 Å². The third-order valence-corrected chi connectivity index (χ3v) is 6.45. The minimum atomic E-state index is -1.02. The highest BCUT2D eigenvalue weighted by Crippen LogP contribution is 2.32. The second-order valence-electron chi connectivity index (χ2n) is 9.13. The van der Waals surface area contributed by atoms with E-state index in [-0.39, 0.29) is 11.5 Å². The van der Waals surface area contributed by atoms with E-state index in [1.165, 1.54) is 0 Å². The fraction of sp³-hybridized carbons (Fsp3) is 0.0909. The van der Waals surface area contributed by atoms with Gasteiger partial charge in [0.1, 0.15) is 5.75 Å². The van der Waals surface area contributed by atoms with Gasteiger partial charge in [0.15, 0.2) is 6.61 Å². The topological polar surface area (TPSA) is 79.4 Å². The quantitative estimate of drug-likeness (QED) is 0.249. The smallest absolute Gasteiger partial charge is 0.341 e. The predicted octanol–water partition coefficient (Wildman–Crippen LogP) is 6.28. The summed E-state index contributed by atoms with van der Waals surface area (Å²) in [4.78, 5) is 26.7. The van der Waals surface area contributed by atoms with Crippen molar-refractivity contribution in [3.8, 4) is 16.9 Å². The summed E-state index contributed by atoms with van der Waals surface area (Å²) in [6.07, 6.45) is 2.29. The summed E-state index contributed by atoms with van der Waals surface area (Å²) in [5.74, 6) is -0.535. The predicted molar refractivity (Wildman–Crippen MR) is 149 cm³/mol. The first-order valence-corrected chi connectivity index (χ1v) is 12.4. The molecule has 0 bridgehead atoms. The Bertz CT molecular complexity index is 1550. The Labute approximate surface area is 221 Å². The van der Waals surface area contributed by atoms with E-state index in [0.29, 0.717) is 17.7 Å². The normalized spacial score (nSPS) is 10.9. The molecule has 0 aliphatic carbocycles. The number of nitrogens with one attached hydrogen (secondary N) is 1. The van der Waals surface area contributed by atoms with E-state index in [1.807, 2.05) is 91.1 Å². The minimum Gasteiger partial charge on any atom is -0.482 e. The maximum atomic E-state index is 12.9. The molecule has 0 fully saturated rings. The molecule has 5 nitrogen and oxygen atoms in total. The molecule has 5 heteroatoms. The molecule has 0 aliphatic heterocycles. The van der Waals surface area contributed by atoms with E-state index in [9.17, 15) is 9.59 Å². The van der Waals surface area contributed by atoms with Gasteiger partial charge < -0.3 is 14.8 Å². The fourth-order valence-electron chi connectivity index (χ4n) is 4.71.